The first kappa shape index (κ1) is 14.7. The Hall–Kier alpha value is -2.31. The zero-order valence-electron chi connectivity index (χ0n) is 11.0. The van der Waals surface area contributed by atoms with Crippen molar-refractivity contribution in [2.24, 2.45) is 0 Å². The van der Waals surface area contributed by atoms with Gasteiger partial charge >= 0.3 is 5.97 Å². The van der Waals surface area contributed by atoms with E-state index < -0.39 is 16.9 Å². The van der Waals surface area contributed by atoms with Crippen LogP contribution in [0, 0.1) is 10.1 Å². The molecule has 1 atom stereocenters. The van der Waals surface area contributed by atoms with Crippen LogP contribution < -0.4 is 10.1 Å². The predicted octanol–water partition coefficient (Wildman–Crippen LogP) is 1.97. The van der Waals surface area contributed by atoms with E-state index in [1.54, 1.807) is 19.9 Å². The molecule has 0 saturated heterocycles. The molecule has 0 aliphatic heterocycles. The van der Waals surface area contributed by atoms with Crippen LogP contribution in [0.5, 0.6) is 5.75 Å². The first-order valence-electron chi connectivity index (χ1n) is 5.75. The van der Waals surface area contributed by atoms with E-state index in [0.29, 0.717) is 5.75 Å². The number of carbonyl (C=O) groups is 1. The summed E-state index contributed by atoms with van der Waals surface area (Å²) >= 11 is 0. The number of rotatable bonds is 6. The van der Waals surface area contributed by atoms with Crippen molar-refractivity contribution in [3.8, 4) is 5.75 Å². The predicted molar refractivity (Wildman–Crippen MR) is 69.4 cm³/mol. The second kappa shape index (κ2) is 6.58. The molecule has 0 fully saturated rings. The summed E-state index contributed by atoms with van der Waals surface area (Å²) in [6.07, 6.45) is 0. The lowest BCUT2D eigenvalue weighted by atomic mass is 10.2. The average molecular weight is 268 g/mol. The lowest BCUT2D eigenvalue weighted by molar-refractivity contribution is -0.384. The van der Waals surface area contributed by atoms with Gasteiger partial charge in [0.05, 0.1) is 24.7 Å². The highest BCUT2D eigenvalue weighted by atomic mass is 16.6. The fourth-order valence-electron chi connectivity index (χ4n) is 1.47. The Morgan fingerprint density at radius 3 is 2.74 bits per heavy atom. The maximum atomic E-state index is 11.5. The SMILES string of the molecule is CCOC(=O)C(C)Nc1ccc(OC)cc1[N+](=O)[O-]. The van der Waals surface area contributed by atoms with Gasteiger partial charge in [0.15, 0.2) is 0 Å². The Labute approximate surface area is 110 Å². The molecule has 0 heterocycles. The largest absolute Gasteiger partial charge is 0.496 e. The van der Waals surface area contributed by atoms with Crippen LogP contribution in [-0.2, 0) is 9.53 Å². The molecule has 1 aromatic rings. The van der Waals surface area contributed by atoms with Gasteiger partial charge in [0.2, 0.25) is 0 Å². The topological polar surface area (TPSA) is 90.7 Å². The van der Waals surface area contributed by atoms with Gasteiger partial charge in [-0.05, 0) is 26.0 Å². The number of benzene rings is 1. The summed E-state index contributed by atoms with van der Waals surface area (Å²) in [5.74, 6) is -0.0892. The highest BCUT2D eigenvalue weighted by Crippen LogP contribution is 2.29. The van der Waals surface area contributed by atoms with Crippen LogP contribution in [-0.4, -0.2) is 30.7 Å². The molecule has 0 radical (unpaired) electrons. The third kappa shape index (κ3) is 3.84. The van der Waals surface area contributed by atoms with E-state index in [9.17, 15) is 14.9 Å². The number of ether oxygens (including phenoxy) is 2. The van der Waals surface area contributed by atoms with Crippen molar-refractivity contribution in [2.75, 3.05) is 19.0 Å². The highest BCUT2D eigenvalue weighted by Gasteiger charge is 2.20. The smallest absolute Gasteiger partial charge is 0.328 e. The van der Waals surface area contributed by atoms with Crippen molar-refractivity contribution < 1.29 is 19.2 Å². The van der Waals surface area contributed by atoms with Gasteiger partial charge in [0.25, 0.3) is 5.69 Å². The number of methoxy groups -OCH3 is 1. The van der Waals surface area contributed by atoms with Gasteiger partial charge in [0.1, 0.15) is 17.5 Å². The first-order chi connectivity index (χ1) is 8.99. The number of nitrogens with zero attached hydrogens (tertiary/aromatic N) is 1. The summed E-state index contributed by atoms with van der Waals surface area (Å²) in [7, 11) is 1.42. The molecular formula is C12H16N2O5. The molecule has 7 heteroatoms. The van der Waals surface area contributed by atoms with Crippen LogP contribution in [0.1, 0.15) is 13.8 Å². The van der Waals surface area contributed by atoms with E-state index in [1.807, 2.05) is 0 Å². The van der Waals surface area contributed by atoms with Gasteiger partial charge in [-0.2, -0.15) is 0 Å². The number of nitrogens with one attached hydrogen (secondary N) is 1. The van der Waals surface area contributed by atoms with E-state index in [4.69, 9.17) is 9.47 Å². The van der Waals surface area contributed by atoms with Gasteiger partial charge in [-0.3, -0.25) is 10.1 Å². The normalized spacial score (nSPS) is 11.5. The van der Waals surface area contributed by atoms with Crippen molar-refractivity contribution >= 4 is 17.3 Å². The maximum Gasteiger partial charge on any atom is 0.328 e. The van der Waals surface area contributed by atoms with Crippen molar-refractivity contribution in [3.05, 3.63) is 28.3 Å². The fourth-order valence-corrected chi connectivity index (χ4v) is 1.47. The van der Waals surface area contributed by atoms with Crippen LogP contribution in [0.4, 0.5) is 11.4 Å². The zero-order valence-corrected chi connectivity index (χ0v) is 11.0. The molecular weight excluding hydrogens is 252 g/mol. The Bertz CT molecular complexity index is 475. The van der Waals surface area contributed by atoms with Gasteiger partial charge < -0.3 is 14.8 Å². The molecule has 0 aliphatic rings. The van der Waals surface area contributed by atoms with Gasteiger partial charge in [-0.25, -0.2) is 4.79 Å². The molecule has 1 unspecified atom stereocenters. The molecule has 19 heavy (non-hydrogen) atoms. The number of nitro groups is 1. The summed E-state index contributed by atoms with van der Waals surface area (Å²) in [5.41, 5.74) is 0.0850. The molecule has 1 aromatic carbocycles. The lowest BCUT2D eigenvalue weighted by Crippen LogP contribution is -2.28. The van der Waals surface area contributed by atoms with Crippen LogP contribution >= 0.6 is 0 Å². The molecule has 0 spiro atoms. The Kier molecular flexibility index (Phi) is 5.11. The summed E-state index contributed by atoms with van der Waals surface area (Å²) in [6.45, 7) is 3.53. The van der Waals surface area contributed by atoms with Crippen molar-refractivity contribution in [1.82, 2.24) is 0 Å². The van der Waals surface area contributed by atoms with Crippen molar-refractivity contribution in [3.63, 3.8) is 0 Å². The van der Waals surface area contributed by atoms with Crippen LogP contribution in [0.25, 0.3) is 0 Å². The van der Waals surface area contributed by atoms with Crippen molar-refractivity contribution in [1.29, 1.82) is 0 Å². The Balaban J connectivity index is 2.94. The standard InChI is InChI=1S/C12H16N2O5/c1-4-19-12(15)8(2)13-10-6-5-9(18-3)7-11(10)14(16)17/h5-8,13H,4H2,1-3H3. The highest BCUT2D eigenvalue weighted by molar-refractivity contribution is 5.80. The number of hydrogen-bond donors (Lipinski definition) is 1. The van der Waals surface area contributed by atoms with Crippen LogP contribution in [0.15, 0.2) is 18.2 Å². The summed E-state index contributed by atoms with van der Waals surface area (Å²) in [6, 6.07) is 3.69. The maximum absolute atomic E-state index is 11.5. The molecule has 1 rings (SSSR count). The number of carbonyl (C=O) groups excluding carboxylic acids is 1. The molecule has 0 aliphatic carbocycles. The number of nitro benzene ring substituents is 1. The van der Waals surface area contributed by atoms with E-state index in [0.717, 1.165) is 0 Å². The van der Waals surface area contributed by atoms with Crippen molar-refractivity contribution in [2.45, 2.75) is 19.9 Å². The lowest BCUT2D eigenvalue weighted by Gasteiger charge is -2.14. The Morgan fingerprint density at radius 2 is 2.21 bits per heavy atom. The minimum Gasteiger partial charge on any atom is -0.496 e. The first-order valence-corrected chi connectivity index (χ1v) is 5.75. The summed E-state index contributed by atoms with van der Waals surface area (Å²) in [5, 5.41) is 13.7. The Morgan fingerprint density at radius 1 is 1.53 bits per heavy atom. The minimum absolute atomic E-state index is 0.157. The molecule has 0 aromatic heterocycles. The van der Waals surface area contributed by atoms with E-state index in [2.05, 4.69) is 5.32 Å². The van der Waals surface area contributed by atoms with E-state index >= 15 is 0 Å². The second-order valence-corrected chi connectivity index (χ2v) is 3.76. The fraction of sp³-hybridized carbons (Fsp3) is 0.417. The number of hydrogen-bond acceptors (Lipinski definition) is 6. The zero-order chi connectivity index (χ0) is 14.4. The molecule has 7 nitrogen and oxygen atoms in total. The molecule has 1 N–H and O–H groups in total. The third-order valence-electron chi connectivity index (χ3n) is 2.41. The molecule has 0 saturated carbocycles. The molecule has 104 valence electrons. The van der Waals surface area contributed by atoms with Crippen LogP contribution in [0.2, 0.25) is 0 Å². The number of esters is 1. The minimum atomic E-state index is -0.674. The molecule has 0 amide bonds. The van der Waals surface area contributed by atoms with Gasteiger partial charge in [-0.15, -0.1) is 0 Å². The summed E-state index contributed by atoms with van der Waals surface area (Å²) in [4.78, 5) is 21.9. The molecule has 0 bridgehead atoms. The quantitative estimate of drug-likeness (QED) is 0.482. The van der Waals surface area contributed by atoms with E-state index in [-0.39, 0.29) is 18.0 Å². The van der Waals surface area contributed by atoms with E-state index in [1.165, 1.54) is 19.2 Å². The second-order valence-electron chi connectivity index (χ2n) is 3.76. The summed E-state index contributed by atoms with van der Waals surface area (Å²) < 4.78 is 9.75. The van der Waals surface area contributed by atoms with Crippen LogP contribution in [0.3, 0.4) is 0 Å². The third-order valence-corrected chi connectivity index (χ3v) is 2.41. The number of anilines is 1. The van der Waals surface area contributed by atoms with Gasteiger partial charge in [0, 0.05) is 0 Å². The van der Waals surface area contributed by atoms with Gasteiger partial charge in [-0.1, -0.05) is 0 Å². The average Bonchev–Trinajstić information content (AvgIpc) is 2.39. The monoisotopic (exact) mass is 268 g/mol.